The van der Waals surface area contributed by atoms with Gasteiger partial charge in [-0.3, -0.25) is 0 Å². The molecule has 1 N–H and O–H groups in total. The average molecular weight is 314 g/mol. The van der Waals surface area contributed by atoms with Crippen molar-refractivity contribution in [3.63, 3.8) is 0 Å². The van der Waals surface area contributed by atoms with Gasteiger partial charge in [0.15, 0.2) is 0 Å². The summed E-state index contributed by atoms with van der Waals surface area (Å²) in [6.07, 6.45) is 7.69. The summed E-state index contributed by atoms with van der Waals surface area (Å²) < 4.78 is 0. The SMILES string of the molecule is CCC1CCCC(NC(CC)c2ccc(Cl)cc2Cl)C1. The van der Waals surface area contributed by atoms with E-state index >= 15 is 0 Å². The van der Waals surface area contributed by atoms with E-state index in [1.807, 2.05) is 12.1 Å². The van der Waals surface area contributed by atoms with E-state index in [1.54, 1.807) is 0 Å². The van der Waals surface area contributed by atoms with Crippen LogP contribution < -0.4 is 5.32 Å². The molecule has 3 heteroatoms. The van der Waals surface area contributed by atoms with E-state index in [9.17, 15) is 0 Å². The van der Waals surface area contributed by atoms with Crippen molar-refractivity contribution in [3.05, 3.63) is 33.8 Å². The molecule has 20 heavy (non-hydrogen) atoms. The zero-order valence-electron chi connectivity index (χ0n) is 12.5. The molecule has 0 amide bonds. The second kappa shape index (κ2) is 7.68. The van der Waals surface area contributed by atoms with Crippen molar-refractivity contribution in [1.29, 1.82) is 0 Å². The Bertz CT molecular complexity index is 433. The van der Waals surface area contributed by atoms with Crippen LogP contribution in [0.15, 0.2) is 18.2 Å². The molecule has 0 saturated heterocycles. The maximum Gasteiger partial charge on any atom is 0.0468 e. The van der Waals surface area contributed by atoms with Gasteiger partial charge in [-0.2, -0.15) is 0 Å². The first kappa shape index (κ1) is 16.1. The Kier molecular flexibility index (Phi) is 6.20. The van der Waals surface area contributed by atoms with Gasteiger partial charge in [0.2, 0.25) is 0 Å². The van der Waals surface area contributed by atoms with Crippen molar-refractivity contribution in [1.82, 2.24) is 5.32 Å². The van der Waals surface area contributed by atoms with Gasteiger partial charge in [0.25, 0.3) is 0 Å². The van der Waals surface area contributed by atoms with Crippen LogP contribution in [0.4, 0.5) is 0 Å². The zero-order chi connectivity index (χ0) is 14.5. The molecule has 3 atom stereocenters. The number of hydrogen-bond donors (Lipinski definition) is 1. The summed E-state index contributed by atoms with van der Waals surface area (Å²) in [5.74, 6) is 0.888. The van der Waals surface area contributed by atoms with Crippen molar-refractivity contribution in [2.24, 2.45) is 5.92 Å². The minimum Gasteiger partial charge on any atom is -0.307 e. The lowest BCUT2D eigenvalue weighted by atomic mass is 9.83. The molecule has 1 aromatic rings. The molecule has 0 aromatic heterocycles. The molecule has 1 aromatic carbocycles. The van der Waals surface area contributed by atoms with Crippen molar-refractivity contribution >= 4 is 23.2 Å². The largest absolute Gasteiger partial charge is 0.307 e. The molecule has 0 heterocycles. The van der Waals surface area contributed by atoms with Crippen LogP contribution in [-0.4, -0.2) is 6.04 Å². The molecule has 1 aliphatic carbocycles. The number of nitrogens with one attached hydrogen (secondary N) is 1. The van der Waals surface area contributed by atoms with E-state index < -0.39 is 0 Å². The predicted molar refractivity (Wildman–Crippen MR) is 88.7 cm³/mol. The topological polar surface area (TPSA) is 12.0 Å². The highest BCUT2D eigenvalue weighted by molar-refractivity contribution is 6.35. The first-order valence-electron chi connectivity index (χ1n) is 7.85. The molecule has 0 bridgehead atoms. The summed E-state index contributed by atoms with van der Waals surface area (Å²) >= 11 is 12.3. The second-order valence-electron chi connectivity index (χ2n) is 5.93. The van der Waals surface area contributed by atoms with E-state index in [0.717, 1.165) is 17.4 Å². The Labute approximate surface area is 133 Å². The normalized spacial score (nSPS) is 24.6. The monoisotopic (exact) mass is 313 g/mol. The number of hydrogen-bond acceptors (Lipinski definition) is 1. The molecule has 0 aliphatic heterocycles. The standard InChI is InChI=1S/C17H25Cl2N/c1-3-12-6-5-7-14(10-12)20-17(4-2)15-9-8-13(18)11-16(15)19/h8-9,11-12,14,17,20H,3-7,10H2,1-2H3. The van der Waals surface area contributed by atoms with E-state index in [1.165, 1.54) is 37.7 Å². The molecule has 1 nitrogen and oxygen atoms in total. The molecular formula is C17H25Cl2N. The van der Waals surface area contributed by atoms with Crippen LogP contribution in [0.25, 0.3) is 0 Å². The van der Waals surface area contributed by atoms with Crippen LogP contribution >= 0.6 is 23.2 Å². The van der Waals surface area contributed by atoms with Gasteiger partial charge in [0.1, 0.15) is 0 Å². The molecular weight excluding hydrogens is 289 g/mol. The Morgan fingerprint density at radius 1 is 1.25 bits per heavy atom. The van der Waals surface area contributed by atoms with Gasteiger partial charge in [-0.25, -0.2) is 0 Å². The summed E-state index contributed by atoms with van der Waals surface area (Å²) in [7, 11) is 0. The van der Waals surface area contributed by atoms with E-state index in [-0.39, 0.29) is 0 Å². The summed E-state index contributed by atoms with van der Waals surface area (Å²) in [6.45, 7) is 4.52. The lowest BCUT2D eigenvalue weighted by Crippen LogP contribution is -2.36. The third kappa shape index (κ3) is 4.13. The van der Waals surface area contributed by atoms with Crippen LogP contribution in [0.1, 0.15) is 64.0 Å². The van der Waals surface area contributed by atoms with Crippen molar-refractivity contribution in [2.75, 3.05) is 0 Å². The van der Waals surface area contributed by atoms with Gasteiger partial charge in [0.05, 0.1) is 0 Å². The highest BCUT2D eigenvalue weighted by Gasteiger charge is 2.23. The zero-order valence-corrected chi connectivity index (χ0v) is 14.0. The molecule has 112 valence electrons. The van der Waals surface area contributed by atoms with Crippen molar-refractivity contribution in [3.8, 4) is 0 Å². The summed E-state index contributed by atoms with van der Waals surface area (Å²) in [6, 6.07) is 6.80. The van der Waals surface area contributed by atoms with Gasteiger partial charge in [0, 0.05) is 22.1 Å². The molecule has 3 unspecified atom stereocenters. The maximum atomic E-state index is 6.35. The van der Waals surface area contributed by atoms with Gasteiger partial charge in [-0.15, -0.1) is 0 Å². The second-order valence-corrected chi connectivity index (χ2v) is 6.77. The fourth-order valence-electron chi connectivity index (χ4n) is 3.31. The number of benzene rings is 1. The van der Waals surface area contributed by atoms with E-state index in [0.29, 0.717) is 17.1 Å². The highest BCUT2D eigenvalue weighted by Crippen LogP contribution is 2.32. The van der Waals surface area contributed by atoms with E-state index in [2.05, 4.69) is 25.2 Å². The minimum absolute atomic E-state index is 0.334. The summed E-state index contributed by atoms with van der Waals surface area (Å²) in [5.41, 5.74) is 1.18. The number of halogens is 2. The van der Waals surface area contributed by atoms with Crippen LogP contribution in [0.5, 0.6) is 0 Å². The first-order chi connectivity index (χ1) is 9.63. The Morgan fingerprint density at radius 3 is 2.70 bits per heavy atom. The van der Waals surface area contributed by atoms with Crippen LogP contribution in [0.2, 0.25) is 10.0 Å². The summed E-state index contributed by atoms with van der Waals surface area (Å²) in [4.78, 5) is 0. The van der Waals surface area contributed by atoms with Crippen LogP contribution in [0, 0.1) is 5.92 Å². The first-order valence-corrected chi connectivity index (χ1v) is 8.60. The van der Waals surface area contributed by atoms with Crippen molar-refractivity contribution < 1.29 is 0 Å². The van der Waals surface area contributed by atoms with Crippen molar-refractivity contribution in [2.45, 2.75) is 64.5 Å². The third-order valence-electron chi connectivity index (χ3n) is 4.54. The third-order valence-corrected chi connectivity index (χ3v) is 5.11. The Morgan fingerprint density at radius 2 is 2.05 bits per heavy atom. The predicted octanol–water partition coefficient (Wildman–Crippen LogP) is 6.00. The molecule has 1 saturated carbocycles. The molecule has 2 rings (SSSR count). The molecule has 1 fully saturated rings. The number of rotatable bonds is 5. The molecule has 0 radical (unpaired) electrons. The Hall–Kier alpha value is -0.240. The van der Waals surface area contributed by atoms with Crippen LogP contribution in [0.3, 0.4) is 0 Å². The van der Waals surface area contributed by atoms with E-state index in [4.69, 9.17) is 23.2 Å². The maximum absolute atomic E-state index is 6.35. The fourth-order valence-corrected chi connectivity index (χ4v) is 3.85. The highest BCUT2D eigenvalue weighted by atomic mass is 35.5. The minimum atomic E-state index is 0.334. The fraction of sp³-hybridized carbons (Fsp3) is 0.647. The van der Waals surface area contributed by atoms with Crippen LogP contribution in [-0.2, 0) is 0 Å². The quantitative estimate of drug-likeness (QED) is 0.702. The Balaban J connectivity index is 2.04. The van der Waals surface area contributed by atoms with Gasteiger partial charge in [-0.1, -0.05) is 62.4 Å². The molecule has 1 aliphatic rings. The molecule has 0 spiro atoms. The average Bonchev–Trinajstić information content (AvgIpc) is 2.45. The van der Waals surface area contributed by atoms with Gasteiger partial charge >= 0.3 is 0 Å². The lowest BCUT2D eigenvalue weighted by Gasteiger charge is -2.32. The summed E-state index contributed by atoms with van der Waals surface area (Å²) in [5, 5.41) is 5.30. The smallest absolute Gasteiger partial charge is 0.0468 e. The van der Waals surface area contributed by atoms with Gasteiger partial charge in [-0.05, 0) is 42.9 Å². The van der Waals surface area contributed by atoms with Gasteiger partial charge < -0.3 is 5.32 Å². The lowest BCUT2D eigenvalue weighted by molar-refractivity contribution is 0.260.